The molecule has 0 bridgehead atoms. The van der Waals surface area contributed by atoms with E-state index >= 15 is 0 Å². The first-order chi connectivity index (χ1) is 20.1. The summed E-state index contributed by atoms with van der Waals surface area (Å²) in [4.78, 5) is -0.292. The first kappa shape index (κ1) is 35.0. The maximum atomic E-state index is 11.3. The molecule has 0 aliphatic heterocycles. The van der Waals surface area contributed by atoms with Crippen molar-refractivity contribution in [1.82, 2.24) is 0 Å². The smallest absolute Gasteiger partial charge is 0.124 e. The van der Waals surface area contributed by atoms with Gasteiger partial charge in [0.15, 0.2) is 0 Å². The monoisotopic (exact) mass is 682 g/mol. The quantitative estimate of drug-likeness (QED) is 0.0883. The van der Waals surface area contributed by atoms with E-state index in [9.17, 15) is 18.1 Å². The van der Waals surface area contributed by atoms with Crippen LogP contribution in [0, 0.1) is 0 Å². The van der Waals surface area contributed by atoms with E-state index < -0.39 is 28.2 Å². The van der Waals surface area contributed by atoms with Gasteiger partial charge in [-0.1, -0.05) is 112 Å². The van der Waals surface area contributed by atoms with Gasteiger partial charge in [0.2, 0.25) is 0 Å². The molecule has 0 radical (unpaired) electrons. The summed E-state index contributed by atoms with van der Waals surface area (Å²) in [6.07, 6.45) is 3.67. The number of alkyl halides is 1. The molecule has 0 amide bonds. The van der Waals surface area contributed by atoms with Gasteiger partial charge >= 0.3 is 0 Å². The Kier molecular flexibility index (Phi) is 11.8. The predicted octanol–water partition coefficient (Wildman–Crippen LogP) is 8.05. The standard InChI is InChI=1S/C22H23BrP.C14H22O4S/c23-18-10-11-19-24(20-12-4-1-5-13-20,21-14-6-2-7-15-21)22-16-8-3-9-17-22;1-13(2,3)10-7-9(19(16,17)18)8-11(12(10)15)14(4,5)6/h1-9,12-17H,10-11,18-19H2;7-8,15H,1-6H3,(H,16,17,18)/q+1;/p-1. The molecule has 0 aliphatic carbocycles. The average Bonchev–Trinajstić information content (AvgIpc) is 2.95. The van der Waals surface area contributed by atoms with Crippen LogP contribution in [0.1, 0.15) is 65.5 Å². The van der Waals surface area contributed by atoms with E-state index in [-0.39, 0.29) is 10.6 Å². The minimum atomic E-state index is -4.55. The molecule has 0 fully saturated rings. The lowest BCUT2D eigenvalue weighted by molar-refractivity contribution is 0.420. The van der Waals surface area contributed by atoms with Crippen LogP contribution >= 0.6 is 23.2 Å². The minimum absolute atomic E-state index is 0.0624. The number of phenolic OH excluding ortho intramolecular Hbond substituents is 1. The fourth-order valence-corrected chi connectivity index (χ4v) is 10.6. The molecule has 0 heterocycles. The van der Waals surface area contributed by atoms with Crippen molar-refractivity contribution in [2.45, 2.75) is 70.1 Å². The Bertz CT molecular complexity index is 1430. The van der Waals surface area contributed by atoms with Crippen LogP contribution in [0.15, 0.2) is 108 Å². The van der Waals surface area contributed by atoms with Crippen molar-refractivity contribution in [2.75, 3.05) is 11.5 Å². The molecule has 0 atom stereocenters. The van der Waals surface area contributed by atoms with Gasteiger partial charge in [-0.05, 0) is 72.2 Å². The molecule has 43 heavy (non-hydrogen) atoms. The fraction of sp³-hybridized carbons (Fsp3) is 0.333. The number of phenols is 1. The lowest BCUT2D eigenvalue weighted by Gasteiger charge is -2.28. The van der Waals surface area contributed by atoms with E-state index in [0.717, 1.165) is 5.33 Å². The van der Waals surface area contributed by atoms with Gasteiger partial charge in [0, 0.05) is 16.5 Å². The maximum absolute atomic E-state index is 11.3. The van der Waals surface area contributed by atoms with Crippen molar-refractivity contribution in [2.24, 2.45) is 0 Å². The van der Waals surface area contributed by atoms with Gasteiger partial charge in [0.05, 0.1) is 11.1 Å². The van der Waals surface area contributed by atoms with E-state index in [4.69, 9.17) is 0 Å². The van der Waals surface area contributed by atoms with Crippen molar-refractivity contribution in [3.63, 3.8) is 0 Å². The Morgan fingerprint density at radius 3 is 1.30 bits per heavy atom. The highest BCUT2D eigenvalue weighted by molar-refractivity contribution is 9.09. The van der Waals surface area contributed by atoms with Crippen LogP contribution < -0.4 is 15.9 Å². The Morgan fingerprint density at radius 1 is 0.674 bits per heavy atom. The normalized spacial score (nSPS) is 12.4. The van der Waals surface area contributed by atoms with Crippen molar-refractivity contribution >= 4 is 49.2 Å². The largest absolute Gasteiger partial charge is 0.744 e. The fourth-order valence-electron chi connectivity index (χ4n) is 5.22. The molecule has 0 spiro atoms. The second kappa shape index (κ2) is 14.5. The summed E-state index contributed by atoms with van der Waals surface area (Å²) in [5, 5.41) is 15.9. The molecule has 230 valence electrons. The molecule has 0 aromatic heterocycles. The van der Waals surface area contributed by atoms with Crippen molar-refractivity contribution in [3.05, 3.63) is 114 Å². The highest BCUT2D eigenvalue weighted by Crippen LogP contribution is 2.55. The van der Waals surface area contributed by atoms with E-state index in [1.807, 2.05) is 41.5 Å². The van der Waals surface area contributed by atoms with Crippen LogP contribution in [0.3, 0.4) is 0 Å². The molecule has 0 aliphatic rings. The van der Waals surface area contributed by atoms with E-state index in [1.54, 1.807) is 0 Å². The van der Waals surface area contributed by atoms with Crippen molar-refractivity contribution < 1.29 is 18.1 Å². The third-order valence-electron chi connectivity index (χ3n) is 7.46. The maximum Gasteiger partial charge on any atom is 0.124 e. The van der Waals surface area contributed by atoms with Crippen molar-refractivity contribution in [3.8, 4) is 5.75 Å². The zero-order chi connectivity index (χ0) is 31.9. The molecule has 0 saturated heterocycles. The van der Waals surface area contributed by atoms with Gasteiger partial charge in [-0.2, -0.15) is 0 Å². The molecular weight excluding hydrogens is 639 g/mol. The van der Waals surface area contributed by atoms with Crippen LogP contribution in [0.4, 0.5) is 0 Å². The van der Waals surface area contributed by atoms with E-state index in [1.165, 1.54) is 47.0 Å². The van der Waals surface area contributed by atoms with Crippen LogP contribution in [0.5, 0.6) is 5.75 Å². The summed E-state index contributed by atoms with van der Waals surface area (Å²) in [7, 11) is -6.15. The van der Waals surface area contributed by atoms with Gasteiger partial charge in [-0.25, -0.2) is 8.42 Å². The summed E-state index contributed by atoms with van der Waals surface area (Å²) < 4.78 is 33.8. The van der Waals surface area contributed by atoms with Gasteiger partial charge in [0.1, 0.15) is 39.0 Å². The third-order valence-corrected chi connectivity index (χ3v) is 13.4. The molecule has 4 aromatic rings. The Balaban J connectivity index is 0.000000243. The van der Waals surface area contributed by atoms with Gasteiger partial charge in [0.25, 0.3) is 0 Å². The zero-order valence-electron chi connectivity index (χ0n) is 26.0. The number of benzene rings is 4. The van der Waals surface area contributed by atoms with Crippen LogP contribution in [0.2, 0.25) is 0 Å². The first-order valence-corrected chi connectivity index (χ1v) is 19.1. The topological polar surface area (TPSA) is 77.4 Å². The second-order valence-electron chi connectivity index (χ2n) is 12.8. The minimum Gasteiger partial charge on any atom is -0.744 e. The predicted molar refractivity (Wildman–Crippen MR) is 187 cm³/mol. The number of aromatic hydroxyl groups is 1. The average molecular weight is 684 g/mol. The summed E-state index contributed by atoms with van der Waals surface area (Å²) in [5.41, 5.74) is 0.0268. The molecule has 0 saturated carbocycles. The highest BCUT2D eigenvalue weighted by atomic mass is 79.9. The van der Waals surface area contributed by atoms with Crippen LogP contribution in [-0.4, -0.2) is 29.6 Å². The Hall–Kier alpha value is -2.50. The molecule has 7 heteroatoms. The number of halogens is 1. The molecule has 4 aromatic carbocycles. The molecule has 4 nitrogen and oxygen atoms in total. The van der Waals surface area contributed by atoms with Crippen molar-refractivity contribution in [1.29, 1.82) is 0 Å². The number of rotatable bonds is 8. The second-order valence-corrected chi connectivity index (χ2v) is 18.5. The summed E-state index contributed by atoms with van der Waals surface area (Å²) in [5.74, 6) is 0.0624. The SMILES string of the molecule is BrCCCC[P+](c1ccccc1)(c1ccccc1)c1ccccc1.CC(C)(C)c1cc(S(=O)(=O)[O-])cc(C(C)(C)C)c1O. The molecule has 4 rings (SSSR count). The van der Waals surface area contributed by atoms with Crippen LogP contribution in [0.25, 0.3) is 0 Å². The lowest BCUT2D eigenvalue weighted by atomic mass is 9.79. The molecule has 0 unspecified atom stereocenters. The Morgan fingerprint density at radius 2 is 1.02 bits per heavy atom. The molecule has 1 N–H and O–H groups in total. The lowest BCUT2D eigenvalue weighted by Crippen LogP contribution is -2.33. The number of hydrogen-bond acceptors (Lipinski definition) is 4. The van der Waals surface area contributed by atoms with Gasteiger partial charge in [-0.15, -0.1) is 0 Å². The zero-order valence-corrected chi connectivity index (χ0v) is 29.3. The summed E-state index contributed by atoms with van der Waals surface area (Å²) >= 11 is 3.60. The Labute approximate surface area is 267 Å². The first-order valence-electron chi connectivity index (χ1n) is 14.6. The van der Waals surface area contributed by atoms with Gasteiger partial charge in [-0.3, -0.25) is 0 Å². The van der Waals surface area contributed by atoms with E-state index in [0.29, 0.717) is 11.1 Å². The van der Waals surface area contributed by atoms with Crippen LogP contribution in [-0.2, 0) is 20.9 Å². The summed E-state index contributed by atoms with van der Waals surface area (Å²) in [6.45, 7) is 11.1. The third kappa shape index (κ3) is 8.79. The highest BCUT2D eigenvalue weighted by Gasteiger charge is 2.44. The molecular formula is C36H44BrO4PS. The summed E-state index contributed by atoms with van der Waals surface area (Å²) in [6, 6.07) is 35.9. The number of hydrogen-bond donors (Lipinski definition) is 1. The number of unbranched alkanes of at least 4 members (excludes halogenated alkanes) is 1. The van der Waals surface area contributed by atoms with E-state index in [2.05, 4.69) is 107 Å². The van der Waals surface area contributed by atoms with Gasteiger partial charge < -0.3 is 9.66 Å².